The summed E-state index contributed by atoms with van der Waals surface area (Å²) in [6, 6.07) is 0. The normalized spacial score (nSPS) is 18.8. The second-order valence-electron chi connectivity index (χ2n) is 9.66. The van der Waals surface area contributed by atoms with Gasteiger partial charge in [-0.1, -0.05) is 58.3 Å². The third-order valence-corrected chi connectivity index (χ3v) is 5.55. The van der Waals surface area contributed by atoms with Crippen LogP contribution in [0.15, 0.2) is 4.99 Å². The van der Waals surface area contributed by atoms with Crippen LogP contribution in [0, 0.1) is 0 Å². The zero-order valence-corrected chi connectivity index (χ0v) is 23.5. The quantitative estimate of drug-likeness (QED) is 0.183. The van der Waals surface area contributed by atoms with Crippen molar-refractivity contribution in [2.75, 3.05) is 47.3 Å². The fourth-order valence-corrected chi connectivity index (χ4v) is 3.87. The number of quaternary nitrogens is 2. The smallest absolute Gasteiger partial charge is 0.477 e. The summed E-state index contributed by atoms with van der Waals surface area (Å²) >= 11 is 0. The molecule has 1 heterocycles. The average molecular weight is 469 g/mol. The number of carbonyl (C=O) groups is 2. The van der Waals surface area contributed by atoms with Crippen molar-refractivity contribution in [1.82, 2.24) is 0 Å². The van der Waals surface area contributed by atoms with E-state index in [1.54, 1.807) is 6.92 Å². The molecule has 0 radical (unpaired) electrons. The molecule has 3 N–H and O–H groups in total. The Morgan fingerprint density at radius 2 is 1.47 bits per heavy atom. The largest absolute Gasteiger partial charge is 1.00 e. The third-order valence-electron chi connectivity index (χ3n) is 5.55. The minimum absolute atomic E-state index is 0. The summed E-state index contributed by atoms with van der Waals surface area (Å²) in [5, 5.41) is 27.5. The molecule has 0 fully saturated rings. The van der Waals surface area contributed by atoms with Crippen molar-refractivity contribution in [1.29, 1.82) is 0 Å². The first-order valence-corrected chi connectivity index (χ1v) is 11.8. The van der Waals surface area contributed by atoms with Crippen LogP contribution >= 0.6 is 0 Å². The average Bonchev–Trinajstić information content (AvgIpc) is 3.02. The minimum atomic E-state index is -0.868. The van der Waals surface area contributed by atoms with Gasteiger partial charge in [0.05, 0.1) is 27.7 Å². The molecule has 0 aromatic carbocycles. The Morgan fingerprint density at radius 1 is 0.969 bits per heavy atom. The molecule has 0 aromatic heterocycles. The molecule has 0 spiro atoms. The van der Waals surface area contributed by atoms with Crippen LogP contribution in [0.4, 0.5) is 0 Å². The molecule has 1 aliphatic rings. The Kier molecular flexibility index (Phi) is 18.8. The first-order chi connectivity index (χ1) is 14.4. The molecule has 0 aromatic rings. The number of aliphatic carboxylic acids is 2. The van der Waals surface area contributed by atoms with Gasteiger partial charge in [0.1, 0.15) is 6.54 Å². The Morgan fingerprint density at radius 3 is 1.84 bits per heavy atom. The van der Waals surface area contributed by atoms with Crippen LogP contribution in [0.5, 0.6) is 0 Å². The fraction of sp³-hybridized carbons (Fsp3) is 0.870. The zero-order valence-electron chi connectivity index (χ0n) is 21.5. The Labute approximate surface area is 217 Å². The van der Waals surface area contributed by atoms with Crippen LogP contribution in [0.3, 0.4) is 0 Å². The number of rotatable bonds is 15. The molecule has 2 atom stereocenters. The molecule has 0 saturated carbocycles. The maximum atomic E-state index is 11.2. The van der Waals surface area contributed by atoms with E-state index in [1.807, 2.05) is 21.1 Å². The van der Waals surface area contributed by atoms with E-state index in [1.165, 1.54) is 51.4 Å². The van der Waals surface area contributed by atoms with Crippen molar-refractivity contribution in [2.24, 2.45) is 4.99 Å². The van der Waals surface area contributed by atoms with Crippen LogP contribution in [0.2, 0.25) is 0 Å². The molecular weight excluding hydrogens is 421 g/mol. The zero-order chi connectivity index (χ0) is 23.9. The van der Waals surface area contributed by atoms with Gasteiger partial charge < -0.3 is 19.8 Å². The molecule has 32 heavy (non-hydrogen) atoms. The summed E-state index contributed by atoms with van der Waals surface area (Å²) < 4.78 is 0.613. The van der Waals surface area contributed by atoms with E-state index in [2.05, 4.69) is 11.9 Å². The summed E-state index contributed by atoms with van der Waals surface area (Å²) in [5.74, 6) is -0.740. The van der Waals surface area contributed by atoms with Crippen molar-refractivity contribution in [2.45, 2.75) is 84.3 Å². The van der Waals surface area contributed by atoms with Gasteiger partial charge in [-0.25, -0.2) is 19.1 Å². The molecule has 0 amide bonds. The van der Waals surface area contributed by atoms with Crippen LogP contribution in [-0.4, -0.2) is 95.6 Å². The van der Waals surface area contributed by atoms with Crippen molar-refractivity contribution < 1.29 is 63.4 Å². The predicted molar refractivity (Wildman–Crippen MR) is 124 cm³/mol. The number of carboxylic acids is 2. The molecule has 1 aliphatic heterocycles. The van der Waals surface area contributed by atoms with E-state index in [0.717, 1.165) is 18.7 Å². The Bertz CT molecular complexity index is 564. The maximum absolute atomic E-state index is 11.2. The van der Waals surface area contributed by atoms with Crippen molar-refractivity contribution >= 4 is 17.8 Å². The van der Waals surface area contributed by atoms with Crippen LogP contribution in [0.1, 0.15) is 78.1 Å². The summed E-state index contributed by atoms with van der Waals surface area (Å²) in [5.41, 5.74) is 0. The van der Waals surface area contributed by atoms with Gasteiger partial charge in [0, 0.05) is 13.3 Å². The van der Waals surface area contributed by atoms with Gasteiger partial charge in [-0.05, 0) is 6.42 Å². The van der Waals surface area contributed by atoms with Gasteiger partial charge in [-0.3, -0.25) is 0 Å². The number of nitrogens with zero attached hydrogens (tertiary/aromatic N) is 3. The number of amidine groups is 1. The summed E-state index contributed by atoms with van der Waals surface area (Å²) in [6.07, 6.45) is 11.5. The number of hydrogen-bond acceptors (Lipinski definition) is 4. The Hall–Kier alpha value is -0.510. The minimum Gasteiger partial charge on any atom is -0.477 e. The van der Waals surface area contributed by atoms with E-state index in [0.29, 0.717) is 17.6 Å². The van der Waals surface area contributed by atoms with Gasteiger partial charge >= 0.3 is 41.5 Å². The molecule has 8 nitrogen and oxygen atoms in total. The van der Waals surface area contributed by atoms with E-state index in [9.17, 15) is 14.7 Å². The molecule has 2 unspecified atom stereocenters. The third kappa shape index (κ3) is 15.3. The monoisotopic (exact) mass is 468 g/mol. The Balaban J connectivity index is 0. The number of hydrogen-bond donors (Lipinski definition) is 3. The van der Waals surface area contributed by atoms with Crippen molar-refractivity contribution in [3.05, 3.63) is 0 Å². The number of likely N-dealkylation sites (N-methyl/N-ethyl adjacent to an activating group) is 1. The van der Waals surface area contributed by atoms with Crippen LogP contribution in [-0.2, 0) is 9.59 Å². The number of carboxylic acid groups (broad SMARTS) is 2. The fourth-order valence-electron chi connectivity index (χ4n) is 3.87. The van der Waals surface area contributed by atoms with Gasteiger partial charge in [0.2, 0.25) is 5.84 Å². The molecule has 1 rings (SSSR count). The van der Waals surface area contributed by atoms with Gasteiger partial charge in [-0.2, -0.15) is 0 Å². The second kappa shape index (κ2) is 17.9. The van der Waals surface area contributed by atoms with E-state index < -0.39 is 18.2 Å². The standard InChI is InChI=1S/C18H34N2O3.C5H11NO2.Na/c1-3-4-5-6-7-8-9-10-11-12-17-19-13-14-20(17,16(2)21)15-18(22)23;1-6(2,3)4-5(7)8;/h16,21H,3-15H2,1-2H3;4H2,1-3H3;/q;;+1/p+2. The SMILES string of the molecule is CCCCCCCCCCCC1=NCC[N+]1(CC(=O)O)C(C)O.C[N+](C)(C)CC(=O)O.[Na+]. The molecule has 9 heteroatoms. The van der Waals surface area contributed by atoms with E-state index >= 15 is 0 Å². The van der Waals surface area contributed by atoms with Crippen LogP contribution in [0.25, 0.3) is 0 Å². The molecule has 182 valence electrons. The predicted octanol–water partition coefficient (Wildman–Crippen LogP) is 0.340. The summed E-state index contributed by atoms with van der Waals surface area (Å²) in [6.45, 7) is 5.28. The molecular formula is C23H47N3NaO5+3. The van der Waals surface area contributed by atoms with E-state index in [-0.39, 0.29) is 47.1 Å². The second-order valence-corrected chi connectivity index (χ2v) is 9.66. The van der Waals surface area contributed by atoms with Gasteiger partial charge in [0.25, 0.3) is 0 Å². The summed E-state index contributed by atoms with van der Waals surface area (Å²) in [7, 11) is 5.52. The molecule has 0 aliphatic carbocycles. The van der Waals surface area contributed by atoms with Gasteiger partial charge in [-0.15, -0.1) is 0 Å². The molecule has 0 bridgehead atoms. The summed E-state index contributed by atoms with van der Waals surface area (Å²) in [4.78, 5) is 25.6. The van der Waals surface area contributed by atoms with E-state index in [4.69, 9.17) is 10.2 Å². The van der Waals surface area contributed by atoms with Crippen LogP contribution < -0.4 is 29.6 Å². The number of aliphatic hydroxyl groups excluding tert-OH is 1. The van der Waals surface area contributed by atoms with Crippen molar-refractivity contribution in [3.8, 4) is 0 Å². The topological polar surface area (TPSA) is 107 Å². The number of unbranched alkanes of at least 4 members (excludes halogenated alkanes) is 8. The van der Waals surface area contributed by atoms with Gasteiger partial charge in [0.15, 0.2) is 19.3 Å². The number of aliphatic imine (C=N–C) groups is 1. The number of aliphatic hydroxyl groups is 1. The maximum Gasteiger partial charge on any atom is 1.00 e. The molecule has 0 saturated heterocycles. The first kappa shape index (κ1) is 33.7. The van der Waals surface area contributed by atoms with Crippen molar-refractivity contribution in [3.63, 3.8) is 0 Å². The first-order valence-electron chi connectivity index (χ1n) is 11.8.